The summed E-state index contributed by atoms with van der Waals surface area (Å²) in [4.78, 5) is 12.9. The van der Waals surface area contributed by atoms with Crippen LogP contribution in [-0.2, 0) is 19.6 Å². The van der Waals surface area contributed by atoms with E-state index in [2.05, 4.69) is 10.0 Å². The van der Waals surface area contributed by atoms with Crippen LogP contribution in [0.4, 0.5) is 11.4 Å². The molecule has 0 aliphatic heterocycles. The van der Waals surface area contributed by atoms with E-state index in [4.69, 9.17) is 9.47 Å². The molecular weight excluding hydrogens is 440 g/mol. The van der Waals surface area contributed by atoms with Crippen molar-refractivity contribution in [3.05, 3.63) is 83.4 Å². The molecule has 0 fully saturated rings. The second kappa shape index (κ2) is 10.5. The van der Waals surface area contributed by atoms with E-state index in [9.17, 15) is 13.2 Å². The molecule has 33 heavy (non-hydrogen) atoms. The Morgan fingerprint density at radius 1 is 0.970 bits per heavy atom. The minimum Gasteiger partial charge on any atom is -0.492 e. The van der Waals surface area contributed by atoms with Crippen LogP contribution >= 0.6 is 0 Å². The first-order chi connectivity index (χ1) is 15.7. The van der Waals surface area contributed by atoms with E-state index in [1.165, 1.54) is 25.3 Å². The summed E-state index contributed by atoms with van der Waals surface area (Å²) in [6, 6.07) is 19.0. The molecule has 1 amide bonds. The van der Waals surface area contributed by atoms with Gasteiger partial charge >= 0.3 is 0 Å². The zero-order valence-electron chi connectivity index (χ0n) is 19.1. The highest BCUT2D eigenvalue weighted by Crippen LogP contribution is 2.30. The molecule has 0 spiro atoms. The minimum absolute atomic E-state index is 0.0222. The molecule has 3 rings (SSSR count). The Morgan fingerprint density at radius 2 is 1.73 bits per heavy atom. The maximum atomic E-state index is 13.0. The van der Waals surface area contributed by atoms with E-state index in [1.807, 2.05) is 44.2 Å². The number of sulfonamides is 1. The van der Waals surface area contributed by atoms with E-state index in [0.717, 1.165) is 16.7 Å². The Balaban J connectivity index is 1.87. The highest BCUT2D eigenvalue weighted by atomic mass is 32.2. The van der Waals surface area contributed by atoms with E-state index in [-0.39, 0.29) is 23.2 Å². The average Bonchev–Trinajstić information content (AvgIpc) is 2.75. The summed E-state index contributed by atoms with van der Waals surface area (Å²) < 4.78 is 39.6. The lowest BCUT2D eigenvalue weighted by atomic mass is 10.0. The van der Waals surface area contributed by atoms with Crippen LogP contribution in [0.3, 0.4) is 0 Å². The molecule has 0 heterocycles. The Hall–Kier alpha value is -3.36. The lowest BCUT2D eigenvalue weighted by Crippen LogP contribution is -2.23. The number of carbonyl (C=O) groups excluding carboxylic acids is 1. The van der Waals surface area contributed by atoms with Crippen molar-refractivity contribution in [3.8, 4) is 5.75 Å². The van der Waals surface area contributed by atoms with Crippen molar-refractivity contribution in [3.63, 3.8) is 0 Å². The summed E-state index contributed by atoms with van der Waals surface area (Å²) in [5.41, 5.74) is 3.46. The van der Waals surface area contributed by atoms with Gasteiger partial charge in [-0.3, -0.25) is 9.52 Å². The van der Waals surface area contributed by atoms with Crippen LogP contribution in [0.2, 0.25) is 0 Å². The summed E-state index contributed by atoms with van der Waals surface area (Å²) in [6.07, 6.45) is -0.812. The lowest BCUT2D eigenvalue weighted by molar-refractivity contribution is -0.126. The van der Waals surface area contributed by atoms with Crippen LogP contribution < -0.4 is 14.8 Å². The largest absolute Gasteiger partial charge is 0.492 e. The number of benzene rings is 3. The molecule has 0 unspecified atom stereocenters. The van der Waals surface area contributed by atoms with E-state index < -0.39 is 16.1 Å². The first-order valence-corrected chi connectivity index (χ1v) is 12.0. The van der Waals surface area contributed by atoms with Gasteiger partial charge in [0.15, 0.2) is 6.10 Å². The Kier molecular flexibility index (Phi) is 7.73. The van der Waals surface area contributed by atoms with E-state index in [0.29, 0.717) is 11.4 Å². The summed E-state index contributed by atoms with van der Waals surface area (Å²) in [7, 11) is -2.44. The Morgan fingerprint density at radius 3 is 2.39 bits per heavy atom. The number of aryl methyl sites for hydroxylation is 2. The lowest BCUT2D eigenvalue weighted by Gasteiger charge is -2.19. The molecule has 0 aliphatic rings. The van der Waals surface area contributed by atoms with Crippen molar-refractivity contribution in [1.29, 1.82) is 0 Å². The molecule has 0 bridgehead atoms. The summed E-state index contributed by atoms with van der Waals surface area (Å²) in [5, 5.41) is 2.79. The Labute approximate surface area is 194 Å². The zero-order chi connectivity index (χ0) is 24.0. The molecule has 0 saturated carbocycles. The number of carbonyl (C=O) groups is 1. The predicted molar refractivity (Wildman–Crippen MR) is 129 cm³/mol. The minimum atomic E-state index is -3.91. The first kappa shape index (κ1) is 24.3. The number of ether oxygens (including phenoxy) is 2. The van der Waals surface area contributed by atoms with Gasteiger partial charge in [-0.15, -0.1) is 0 Å². The fraction of sp³-hybridized carbons (Fsp3) is 0.240. The van der Waals surface area contributed by atoms with Crippen molar-refractivity contribution in [2.75, 3.05) is 23.8 Å². The number of methoxy groups -OCH3 is 1. The van der Waals surface area contributed by atoms with Crippen LogP contribution in [0.15, 0.2) is 71.6 Å². The van der Waals surface area contributed by atoms with Gasteiger partial charge in [-0.25, -0.2) is 8.42 Å². The van der Waals surface area contributed by atoms with Crippen LogP contribution in [0.5, 0.6) is 5.75 Å². The first-order valence-electron chi connectivity index (χ1n) is 10.5. The highest BCUT2D eigenvalue weighted by Gasteiger charge is 2.24. The normalized spacial score (nSPS) is 12.1. The van der Waals surface area contributed by atoms with Crippen LogP contribution in [0, 0.1) is 13.8 Å². The van der Waals surface area contributed by atoms with Gasteiger partial charge in [-0.1, -0.05) is 36.4 Å². The molecule has 8 heteroatoms. The maximum Gasteiger partial charge on any atom is 0.265 e. The average molecular weight is 469 g/mol. The van der Waals surface area contributed by atoms with Gasteiger partial charge in [0.1, 0.15) is 10.6 Å². The number of hydrogen-bond donors (Lipinski definition) is 2. The van der Waals surface area contributed by atoms with E-state index >= 15 is 0 Å². The monoisotopic (exact) mass is 468 g/mol. The zero-order valence-corrected chi connectivity index (χ0v) is 19.9. The number of nitrogens with one attached hydrogen (secondary N) is 2. The standard InChI is InChI=1S/C25H28N2O5S/c1-5-32-22-16-19(26-25(28)24(31-4)21-12-7-6-10-18(21)3)13-14-23(22)33(29,30)27-20-11-8-9-17(2)15-20/h6-16,24,27H,5H2,1-4H3,(H,26,28)/t24-/m0/s1. The van der Waals surface area contributed by atoms with Gasteiger partial charge < -0.3 is 14.8 Å². The number of amides is 1. The molecular formula is C25H28N2O5S. The van der Waals surface area contributed by atoms with Gasteiger partial charge in [-0.05, 0) is 61.7 Å². The molecule has 0 saturated heterocycles. The third-order valence-electron chi connectivity index (χ3n) is 5.02. The van der Waals surface area contributed by atoms with Crippen LogP contribution in [0.1, 0.15) is 29.7 Å². The van der Waals surface area contributed by atoms with Gasteiger partial charge in [0, 0.05) is 24.6 Å². The third kappa shape index (κ3) is 5.91. The van der Waals surface area contributed by atoms with Crippen molar-refractivity contribution < 1.29 is 22.7 Å². The fourth-order valence-corrected chi connectivity index (χ4v) is 4.64. The topological polar surface area (TPSA) is 93.7 Å². The fourth-order valence-electron chi connectivity index (χ4n) is 3.46. The number of anilines is 2. The summed E-state index contributed by atoms with van der Waals surface area (Å²) >= 11 is 0. The van der Waals surface area contributed by atoms with Gasteiger partial charge in [-0.2, -0.15) is 0 Å². The van der Waals surface area contributed by atoms with Gasteiger partial charge in [0.05, 0.1) is 6.61 Å². The molecule has 0 aliphatic carbocycles. The highest BCUT2D eigenvalue weighted by molar-refractivity contribution is 7.92. The van der Waals surface area contributed by atoms with E-state index in [1.54, 1.807) is 25.1 Å². The van der Waals surface area contributed by atoms with Crippen molar-refractivity contribution in [2.24, 2.45) is 0 Å². The molecule has 1 atom stereocenters. The molecule has 0 aromatic heterocycles. The molecule has 3 aromatic carbocycles. The molecule has 3 aromatic rings. The SMILES string of the molecule is CCOc1cc(NC(=O)[C@@H](OC)c2ccccc2C)ccc1S(=O)(=O)Nc1cccc(C)c1. The molecule has 0 radical (unpaired) electrons. The number of rotatable bonds is 9. The van der Waals surface area contributed by atoms with Crippen molar-refractivity contribution in [2.45, 2.75) is 31.8 Å². The van der Waals surface area contributed by atoms with Gasteiger partial charge in [0.2, 0.25) is 0 Å². The molecule has 174 valence electrons. The van der Waals surface area contributed by atoms with Crippen LogP contribution in [-0.4, -0.2) is 28.0 Å². The third-order valence-corrected chi connectivity index (χ3v) is 6.44. The Bertz CT molecular complexity index is 1240. The smallest absolute Gasteiger partial charge is 0.265 e. The molecule has 7 nitrogen and oxygen atoms in total. The van der Waals surface area contributed by atoms with Crippen molar-refractivity contribution >= 4 is 27.3 Å². The second-order valence-electron chi connectivity index (χ2n) is 7.53. The second-order valence-corrected chi connectivity index (χ2v) is 9.18. The predicted octanol–water partition coefficient (Wildman–Crippen LogP) is 4.83. The summed E-state index contributed by atoms with van der Waals surface area (Å²) in [5.74, 6) is -0.233. The summed E-state index contributed by atoms with van der Waals surface area (Å²) in [6.45, 7) is 5.80. The quantitative estimate of drug-likeness (QED) is 0.469. The van der Waals surface area contributed by atoms with Gasteiger partial charge in [0.25, 0.3) is 15.9 Å². The maximum absolute atomic E-state index is 13.0. The number of hydrogen-bond acceptors (Lipinski definition) is 5. The molecule has 2 N–H and O–H groups in total. The van der Waals surface area contributed by atoms with Crippen molar-refractivity contribution in [1.82, 2.24) is 0 Å². The van der Waals surface area contributed by atoms with Crippen LogP contribution in [0.25, 0.3) is 0 Å².